The largest absolute Gasteiger partial charge is 0.375 e. The van der Waals surface area contributed by atoms with Crippen LogP contribution in [0.1, 0.15) is 10.4 Å². The van der Waals surface area contributed by atoms with Crippen LogP contribution < -0.4 is 11.1 Å². The molecule has 3 aromatic rings. The molecule has 0 aliphatic carbocycles. The van der Waals surface area contributed by atoms with Gasteiger partial charge in [-0.05, 0) is 36.4 Å². The van der Waals surface area contributed by atoms with Gasteiger partial charge in [0.1, 0.15) is 5.82 Å². The Labute approximate surface area is 128 Å². The van der Waals surface area contributed by atoms with Crippen LogP contribution in [0.5, 0.6) is 0 Å². The highest BCUT2D eigenvalue weighted by atomic mass is 35.5. The Hall–Kier alpha value is -2.18. The second-order valence-electron chi connectivity index (χ2n) is 4.32. The van der Waals surface area contributed by atoms with Crippen LogP contribution in [0.15, 0.2) is 36.4 Å². The highest BCUT2D eigenvalue weighted by Gasteiger charge is 2.10. The van der Waals surface area contributed by atoms with Crippen molar-refractivity contribution in [1.82, 2.24) is 4.98 Å². The van der Waals surface area contributed by atoms with Gasteiger partial charge >= 0.3 is 0 Å². The molecule has 0 saturated heterocycles. The number of anilines is 2. The Kier molecular flexibility index (Phi) is 3.48. The fourth-order valence-corrected chi connectivity index (χ4v) is 2.81. The minimum Gasteiger partial charge on any atom is -0.375 e. The number of aromatic nitrogens is 1. The number of carbonyl (C=O) groups excluding carboxylic acids is 1. The number of hydrogen-bond donors (Lipinski definition) is 2. The van der Waals surface area contributed by atoms with Gasteiger partial charge in [0.25, 0.3) is 5.91 Å². The number of fused-ring (bicyclic) bond motifs is 1. The van der Waals surface area contributed by atoms with Gasteiger partial charge in [0.05, 0.1) is 15.2 Å². The van der Waals surface area contributed by atoms with Crippen LogP contribution in [0, 0.1) is 5.82 Å². The van der Waals surface area contributed by atoms with Crippen molar-refractivity contribution in [3.05, 3.63) is 52.8 Å². The molecule has 0 aliphatic heterocycles. The summed E-state index contributed by atoms with van der Waals surface area (Å²) in [4.78, 5) is 16.3. The summed E-state index contributed by atoms with van der Waals surface area (Å²) in [6, 6.07) is 9.10. The first-order valence-corrected chi connectivity index (χ1v) is 7.15. The summed E-state index contributed by atoms with van der Waals surface area (Å²) < 4.78 is 13.9. The molecule has 1 heterocycles. The summed E-state index contributed by atoms with van der Waals surface area (Å²) in [5, 5.41) is 3.07. The number of halogens is 2. The van der Waals surface area contributed by atoms with Gasteiger partial charge in [-0.1, -0.05) is 22.9 Å². The summed E-state index contributed by atoms with van der Waals surface area (Å²) in [6.45, 7) is 0. The third-order valence-electron chi connectivity index (χ3n) is 2.84. The molecule has 21 heavy (non-hydrogen) atoms. The Morgan fingerprint density at radius 3 is 2.86 bits per heavy atom. The lowest BCUT2D eigenvalue weighted by molar-refractivity contribution is 0.102. The highest BCUT2D eigenvalue weighted by Crippen LogP contribution is 2.25. The Morgan fingerprint density at radius 2 is 2.10 bits per heavy atom. The van der Waals surface area contributed by atoms with Crippen molar-refractivity contribution in [1.29, 1.82) is 0 Å². The number of nitrogens with one attached hydrogen (secondary N) is 1. The van der Waals surface area contributed by atoms with Gasteiger partial charge in [0, 0.05) is 11.3 Å². The van der Waals surface area contributed by atoms with Gasteiger partial charge < -0.3 is 11.1 Å². The van der Waals surface area contributed by atoms with Gasteiger partial charge in [-0.15, -0.1) is 0 Å². The smallest absolute Gasteiger partial charge is 0.255 e. The van der Waals surface area contributed by atoms with Gasteiger partial charge in [-0.25, -0.2) is 9.37 Å². The van der Waals surface area contributed by atoms with Crippen LogP contribution in [0.2, 0.25) is 5.02 Å². The molecule has 0 fully saturated rings. The maximum Gasteiger partial charge on any atom is 0.255 e. The third kappa shape index (κ3) is 2.81. The molecule has 0 saturated carbocycles. The van der Waals surface area contributed by atoms with E-state index in [0.717, 1.165) is 10.2 Å². The molecule has 0 unspecified atom stereocenters. The van der Waals surface area contributed by atoms with E-state index in [-0.39, 0.29) is 10.9 Å². The Bertz CT molecular complexity index is 849. The number of rotatable bonds is 2. The zero-order chi connectivity index (χ0) is 15.0. The molecule has 0 bridgehead atoms. The molecule has 1 amide bonds. The fraction of sp³-hybridized carbons (Fsp3) is 0. The maximum absolute atomic E-state index is 13.1. The maximum atomic E-state index is 13.1. The lowest BCUT2D eigenvalue weighted by atomic mass is 10.2. The van der Waals surface area contributed by atoms with E-state index in [1.807, 2.05) is 0 Å². The standard InChI is InChI=1S/C14H9ClFN3OS/c15-9-6-8(2-3-10(9)16)18-13(20)7-1-4-11-12(5-7)21-14(17)19-11/h1-6H,(H2,17,19)(H,18,20). The topological polar surface area (TPSA) is 68.0 Å². The highest BCUT2D eigenvalue weighted by molar-refractivity contribution is 7.22. The number of nitrogen functional groups attached to an aromatic ring is 1. The minimum atomic E-state index is -0.531. The molecular formula is C14H9ClFN3OS. The summed E-state index contributed by atoms with van der Waals surface area (Å²) in [7, 11) is 0. The second kappa shape index (κ2) is 5.31. The number of hydrogen-bond acceptors (Lipinski definition) is 4. The van der Waals surface area contributed by atoms with Crippen molar-refractivity contribution in [2.45, 2.75) is 0 Å². The predicted molar refractivity (Wildman–Crippen MR) is 83.4 cm³/mol. The Balaban J connectivity index is 1.87. The molecule has 1 aromatic heterocycles. The zero-order valence-electron chi connectivity index (χ0n) is 10.6. The van der Waals surface area contributed by atoms with E-state index in [4.69, 9.17) is 17.3 Å². The van der Waals surface area contributed by atoms with E-state index in [2.05, 4.69) is 10.3 Å². The van der Waals surface area contributed by atoms with E-state index in [1.165, 1.54) is 29.5 Å². The SMILES string of the molecule is Nc1nc2ccc(C(=O)Nc3ccc(F)c(Cl)c3)cc2s1. The first kappa shape index (κ1) is 13.8. The van der Waals surface area contributed by atoms with E-state index < -0.39 is 5.82 Å². The van der Waals surface area contributed by atoms with Crippen molar-refractivity contribution in [2.24, 2.45) is 0 Å². The number of nitrogens with zero attached hydrogens (tertiary/aromatic N) is 1. The fourth-order valence-electron chi connectivity index (χ4n) is 1.86. The van der Waals surface area contributed by atoms with Crippen LogP contribution in [0.25, 0.3) is 10.2 Å². The van der Waals surface area contributed by atoms with Crippen molar-refractivity contribution in [3.63, 3.8) is 0 Å². The van der Waals surface area contributed by atoms with E-state index in [0.29, 0.717) is 16.4 Å². The van der Waals surface area contributed by atoms with E-state index in [9.17, 15) is 9.18 Å². The second-order valence-corrected chi connectivity index (χ2v) is 5.79. The molecule has 3 N–H and O–H groups in total. The number of benzene rings is 2. The monoisotopic (exact) mass is 321 g/mol. The normalized spacial score (nSPS) is 10.8. The van der Waals surface area contributed by atoms with Gasteiger partial charge in [-0.2, -0.15) is 0 Å². The molecule has 0 radical (unpaired) electrons. The molecule has 7 heteroatoms. The quantitative estimate of drug-likeness (QED) is 0.751. The summed E-state index contributed by atoms with van der Waals surface area (Å²) in [5.74, 6) is -0.845. The molecule has 106 valence electrons. The number of nitrogens with two attached hydrogens (primary N) is 1. The lowest BCUT2D eigenvalue weighted by Gasteiger charge is -2.06. The molecule has 3 rings (SSSR count). The molecule has 2 aromatic carbocycles. The average molecular weight is 322 g/mol. The first-order valence-electron chi connectivity index (χ1n) is 5.95. The van der Waals surface area contributed by atoms with Crippen molar-refractivity contribution < 1.29 is 9.18 Å². The zero-order valence-corrected chi connectivity index (χ0v) is 12.1. The Morgan fingerprint density at radius 1 is 1.29 bits per heavy atom. The van der Waals surface area contributed by atoms with Crippen molar-refractivity contribution in [2.75, 3.05) is 11.1 Å². The minimum absolute atomic E-state index is 0.0431. The molecule has 0 aliphatic rings. The summed E-state index contributed by atoms with van der Waals surface area (Å²) in [5.41, 5.74) is 7.27. The molecule has 4 nitrogen and oxygen atoms in total. The van der Waals surface area contributed by atoms with Crippen molar-refractivity contribution >= 4 is 49.9 Å². The van der Waals surface area contributed by atoms with Crippen LogP contribution in [0.4, 0.5) is 15.2 Å². The van der Waals surface area contributed by atoms with Gasteiger partial charge in [-0.3, -0.25) is 4.79 Å². The summed E-state index contributed by atoms with van der Waals surface area (Å²) >= 11 is 6.99. The van der Waals surface area contributed by atoms with E-state index in [1.54, 1.807) is 18.2 Å². The third-order valence-corrected chi connectivity index (χ3v) is 3.98. The van der Waals surface area contributed by atoms with Gasteiger partial charge in [0.2, 0.25) is 0 Å². The molecule has 0 spiro atoms. The van der Waals surface area contributed by atoms with Crippen LogP contribution >= 0.6 is 22.9 Å². The lowest BCUT2D eigenvalue weighted by Crippen LogP contribution is -2.11. The van der Waals surface area contributed by atoms with Crippen LogP contribution in [-0.4, -0.2) is 10.9 Å². The van der Waals surface area contributed by atoms with Crippen LogP contribution in [-0.2, 0) is 0 Å². The first-order chi connectivity index (χ1) is 10.0. The van der Waals surface area contributed by atoms with Crippen molar-refractivity contribution in [3.8, 4) is 0 Å². The summed E-state index contributed by atoms with van der Waals surface area (Å²) in [6.07, 6.45) is 0. The van der Waals surface area contributed by atoms with E-state index >= 15 is 0 Å². The number of amides is 1. The molecule has 0 atom stereocenters. The van der Waals surface area contributed by atoms with Gasteiger partial charge in [0.15, 0.2) is 5.13 Å². The number of thiazole rings is 1. The molecular weight excluding hydrogens is 313 g/mol. The number of carbonyl (C=O) groups is 1. The predicted octanol–water partition coefficient (Wildman–Crippen LogP) is 3.92. The van der Waals surface area contributed by atoms with Crippen LogP contribution in [0.3, 0.4) is 0 Å². The average Bonchev–Trinajstić information content (AvgIpc) is 2.82.